The van der Waals surface area contributed by atoms with Crippen molar-refractivity contribution in [3.05, 3.63) is 34.6 Å². The van der Waals surface area contributed by atoms with E-state index in [1.165, 1.54) is 18.9 Å². The SMILES string of the molecule is Fc1ccc(Cl)c(C2CC3CCC(C2)N3)c1. The maximum absolute atomic E-state index is 13.2. The first kappa shape index (κ1) is 10.5. The van der Waals surface area contributed by atoms with E-state index < -0.39 is 0 Å². The molecule has 0 radical (unpaired) electrons. The third-order valence-corrected chi connectivity index (χ3v) is 4.22. The summed E-state index contributed by atoms with van der Waals surface area (Å²) in [6.45, 7) is 0. The van der Waals surface area contributed by atoms with Crippen LogP contribution < -0.4 is 5.32 Å². The van der Waals surface area contributed by atoms with Crippen LogP contribution in [0.5, 0.6) is 0 Å². The summed E-state index contributed by atoms with van der Waals surface area (Å²) in [5, 5.41) is 4.30. The largest absolute Gasteiger partial charge is 0.311 e. The molecule has 1 aromatic carbocycles. The summed E-state index contributed by atoms with van der Waals surface area (Å²) in [6, 6.07) is 5.95. The lowest BCUT2D eigenvalue weighted by Gasteiger charge is -2.29. The van der Waals surface area contributed by atoms with E-state index in [1.54, 1.807) is 12.1 Å². The first-order chi connectivity index (χ1) is 7.72. The second kappa shape index (κ2) is 4.01. The smallest absolute Gasteiger partial charge is 0.123 e. The van der Waals surface area contributed by atoms with Gasteiger partial charge in [0, 0.05) is 17.1 Å². The van der Waals surface area contributed by atoms with E-state index in [2.05, 4.69) is 5.32 Å². The van der Waals surface area contributed by atoms with Crippen LogP contribution in [0.25, 0.3) is 0 Å². The van der Waals surface area contributed by atoms with Crippen LogP contribution in [-0.4, -0.2) is 12.1 Å². The minimum atomic E-state index is -0.176. The normalized spacial score (nSPS) is 33.0. The van der Waals surface area contributed by atoms with Crippen LogP contribution in [0.4, 0.5) is 4.39 Å². The fraction of sp³-hybridized carbons (Fsp3) is 0.538. The van der Waals surface area contributed by atoms with Gasteiger partial charge in [-0.05, 0) is 55.4 Å². The number of fused-ring (bicyclic) bond motifs is 2. The van der Waals surface area contributed by atoms with Gasteiger partial charge >= 0.3 is 0 Å². The van der Waals surface area contributed by atoms with Gasteiger partial charge in [0.25, 0.3) is 0 Å². The predicted octanol–water partition coefficient (Wildman–Crippen LogP) is 3.48. The highest BCUT2D eigenvalue weighted by Gasteiger charge is 2.34. The zero-order valence-corrected chi connectivity index (χ0v) is 9.80. The van der Waals surface area contributed by atoms with E-state index in [0.717, 1.165) is 18.4 Å². The number of halogens is 2. The molecule has 2 bridgehead atoms. The number of benzene rings is 1. The van der Waals surface area contributed by atoms with Crippen LogP contribution >= 0.6 is 11.6 Å². The molecular formula is C13H15ClFN. The minimum Gasteiger partial charge on any atom is -0.311 e. The summed E-state index contributed by atoms with van der Waals surface area (Å²) >= 11 is 6.16. The van der Waals surface area contributed by atoms with Gasteiger partial charge in [-0.15, -0.1) is 0 Å². The first-order valence-corrected chi connectivity index (χ1v) is 6.31. The second-order valence-electron chi connectivity index (χ2n) is 4.97. The maximum atomic E-state index is 13.2. The Morgan fingerprint density at radius 2 is 1.88 bits per heavy atom. The first-order valence-electron chi connectivity index (χ1n) is 5.93. The standard InChI is InChI=1S/C13H15ClFN/c14-13-4-1-9(15)7-12(13)8-5-10-2-3-11(6-8)16-10/h1,4,7-8,10-11,16H,2-3,5-6H2. The Morgan fingerprint density at radius 1 is 1.19 bits per heavy atom. The summed E-state index contributed by atoms with van der Waals surface area (Å²) in [6.07, 6.45) is 4.71. The molecule has 2 fully saturated rings. The van der Waals surface area contributed by atoms with Gasteiger partial charge in [-0.25, -0.2) is 4.39 Å². The third-order valence-electron chi connectivity index (χ3n) is 3.87. The highest BCUT2D eigenvalue weighted by molar-refractivity contribution is 6.31. The molecule has 2 unspecified atom stereocenters. The van der Waals surface area contributed by atoms with Gasteiger partial charge in [-0.1, -0.05) is 11.6 Å². The second-order valence-corrected chi connectivity index (χ2v) is 5.38. The molecule has 3 rings (SSSR count). The highest BCUT2D eigenvalue weighted by Crippen LogP contribution is 2.39. The van der Waals surface area contributed by atoms with E-state index in [4.69, 9.17) is 11.6 Å². The van der Waals surface area contributed by atoms with Gasteiger partial charge in [0.05, 0.1) is 0 Å². The minimum absolute atomic E-state index is 0.176. The van der Waals surface area contributed by atoms with Crippen molar-refractivity contribution in [3.63, 3.8) is 0 Å². The molecule has 2 aliphatic rings. The fourth-order valence-electron chi connectivity index (χ4n) is 3.14. The Labute approximate surface area is 100.0 Å². The van der Waals surface area contributed by atoms with Gasteiger partial charge in [0.15, 0.2) is 0 Å². The topological polar surface area (TPSA) is 12.0 Å². The van der Waals surface area contributed by atoms with Gasteiger partial charge in [0.2, 0.25) is 0 Å². The third kappa shape index (κ3) is 1.85. The average molecular weight is 240 g/mol. The van der Waals surface area contributed by atoms with E-state index in [-0.39, 0.29) is 5.82 Å². The zero-order chi connectivity index (χ0) is 11.1. The molecule has 0 amide bonds. The Bertz CT molecular complexity index is 395. The van der Waals surface area contributed by atoms with E-state index in [1.807, 2.05) is 0 Å². The molecule has 16 heavy (non-hydrogen) atoms. The highest BCUT2D eigenvalue weighted by atomic mass is 35.5. The van der Waals surface area contributed by atoms with Crippen LogP contribution in [0.1, 0.15) is 37.2 Å². The molecule has 2 atom stereocenters. The molecule has 1 N–H and O–H groups in total. The molecule has 3 heteroatoms. The quantitative estimate of drug-likeness (QED) is 0.791. The van der Waals surface area contributed by atoms with Gasteiger partial charge in [0.1, 0.15) is 5.82 Å². The lowest BCUT2D eigenvalue weighted by atomic mass is 9.86. The van der Waals surface area contributed by atoms with Crippen molar-refractivity contribution in [3.8, 4) is 0 Å². The van der Waals surface area contributed by atoms with Crippen molar-refractivity contribution in [2.75, 3.05) is 0 Å². The number of hydrogen-bond donors (Lipinski definition) is 1. The summed E-state index contributed by atoms with van der Waals surface area (Å²) in [7, 11) is 0. The Morgan fingerprint density at radius 3 is 2.56 bits per heavy atom. The van der Waals surface area contributed by atoms with Crippen molar-refractivity contribution < 1.29 is 4.39 Å². The molecule has 1 nitrogen and oxygen atoms in total. The Hall–Kier alpha value is -0.600. The van der Waals surface area contributed by atoms with Gasteiger partial charge < -0.3 is 5.32 Å². The van der Waals surface area contributed by atoms with Crippen LogP contribution in [0.15, 0.2) is 18.2 Å². The van der Waals surface area contributed by atoms with Crippen LogP contribution in [-0.2, 0) is 0 Å². The van der Waals surface area contributed by atoms with Crippen molar-refractivity contribution >= 4 is 11.6 Å². The summed E-state index contributed by atoms with van der Waals surface area (Å²) < 4.78 is 13.2. The molecule has 0 saturated carbocycles. The van der Waals surface area contributed by atoms with E-state index >= 15 is 0 Å². The summed E-state index contributed by atoms with van der Waals surface area (Å²) in [5.41, 5.74) is 1.00. The molecule has 0 spiro atoms. The monoisotopic (exact) mass is 239 g/mol. The number of hydrogen-bond acceptors (Lipinski definition) is 1. The van der Waals surface area contributed by atoms with E-state index in [9.17, 15) is 4.39 Å². The van der Waals surface area contributed by atoms with Gasteiger partial charge in [-0.2, -0.15) is 0 Å². The molecule has 0 aliphatic carbocycles. The van der Waals surface area contributed by atoms with E-state index in [0.29, 0.717) is 23.0 Å². The lowest BCUT2D eigenvalue weighted by molar-refractivity contribution is 0.362. The Kier molecular flexibility index (Phi) is 2.64. The van der Waals surface area contributed by atoms with Crippen molar-refractivity contribution in [1.82, 2.24) is 5.32 Å². The molecule has 0 aromatic heterocycles. The zero-order valence-electron chi connectivity index (χ0n) is 9.05. The number of piperidine rings is 1. The molecular weight excluding hydrogens is 225 g/mol. The van der Waals surface area contributed by atoms with Gasteiger partial charge in [-0.3, -0.25) is 0 Å². The molecule has 2 saturated heterocycles. The fourth-order valence-corrected chi connectivity index (χ4v) is 3.41. The summed E-state index contributed by atoms with van der Waals surface area (Å²) in [5.74, 6) is 0.257. The molecule has 86 valence electrons. The summed E-state index contributed by atoms with van der Waals surface area (Å²) in [4.78, 5) is 0. The van der Waals surface area contributed by atoms with Crippen LogP contribution in [0.2, 0.25) is 5.02 Å². The van der Waals surface area contributed by atoms with Crippen molar-refractivity contribution in [1.29, 1.82) is 0 Å². The van der Waals surface area contributed by atoms with Crippen LogP contribution in [0, 0.1) is 5.82 Å². The Balaban J connectivity index is 1.89. The molecule has 2 heterocycles. The average Bonchev–Trinajstić information content (AvgIpc) is 2.61. The van der Waals surface area contributed by atoms with Crippen LogP contribution in [0.3, 0.4) is 0 Å². The van der Waals surface area contributed by atoms with Crippen molar-refractivity contribution in [2.45, 2.75) is 43.7 Å². The molecule has 1 aromatic rings. The lowest BCUT2D eigenvalue weighted by Crippen LogP contribution is -2.37. The maximum Gasteiger partial charge on any atom is 0.123 e. The number of rotatable bonds is 1. The molecule has 2 aliphatic heterocycles. The van der Waals surface area contributed by atoms with Crippen molar-refractivity contribution in [2.24, 2.45) is 0 Å². The number of nitrogens with one attached hydrogen (secondary N) is 1. The predicted molar refractivity (Wildman–Crippen MR) is 63.3 cm³/mol.